The Hall–Kier alpha value is -2.12. The summed E-state index contributed by atoms with van der Waals surface area (Å²) in [5.74, 6) is -1.88. The number of rotatable bonds is 5. The molecule has 3 rings (SSSR count). The molecule has 27 heavy (non-hydrogen) atoms. The summed E-state index contributed by atoms with van der Waals surface area (Å²) in [6, 6.07) is 10.5. The quantitative estimate of drug-likeness (QED) is 0.849. The number of carbonyl (C=O) groups is 1. The van der Waals surface area contributed by atoms with Gasteiger partial charge in [0.25, 0.3) is 0 Å². The second-order valence-corrected chi connectivity index (χ2v) is 8.22. The van der Waals surface area contributed by atoms with Gasteiger partial charge >= 0.3 is 0 Å². The highest BCUT2D eigenvalue weighted by Gasteiger charge is 2.39. The van der Waals surface area contributed by atoms with Crippen molar-refractivity contribution in [3.05, 3.63) is 65.2 Å². The number of hydrogen-bond acceptors (Lipinski definition) is 3. The van der Waals surface area contributed by atoms with E-state index < -0.39 is 22.4 Å². The van der Waals surface area contributed by atoms with Crippen LogP contribution in [0.3, 0.4) is 0 Å². The van der Waals surface area contributed by atoms with E-state index in [2.05, 4.69) is 5.32 Å². The second kappa shape index (κ2) is 7.86. The summed E-state index contributed by atoms with van der Waals surface area (Å²) in [6.45, 7) is 1.98. The fraction of sp³-hybridized carbons (Fsp3) is 0.350. The lowest BCUT2D eigenvalue weighted by atomic mass is 9.98. The van der Waals surface area contributed by atoms with E-state index >= 15 is 0 Å². The molecule has 1 amide bonds. The number of likely N-dealkylation sites (N-methyl/N-ethyl adjacent to an activating group) is 1. The second-order valence-electron chi connectivity index (χ2n) is 6.85. The molecule has 144 valence electrons. The van der Waals surface area contributed by atoms with E-state index in [1.165, 1.54) is 6.07 Å². The van der Waals surface area contributed by atoms with E-state index in [0.717, 1.165) is 22.6 Å². The molecule has 2 aromatic carbocycles. The van der Waals surface area contributed by atoms with Crippen LogP contribution in [-0.4, -0.2) is 34.4 Å². The largest absolute Gasteiger partial charge is 0.337 e. The fourth-order valence-electron chi connectivity index (χ4n) is 3.54. The van der Waals surface area contributed by atoms with E-state index in [4.69, 9.17) is 0 Å². The monoisotopic (exact) mass is 392 g/mol. The van der Waals surface area contributed by atoms with Crippen molar-refractivity contribution in [3.63, 3.8) is 0 Å². The number of likely N-dealkylation sites (tertiary alicyclic amines) is 1. The van der Waals surface area contributed by atoms with Gasteiger partial charge in [0.1, 0.15) is 0 Å². The van der Waals surface area contributed by atoms with Crippen LogP contribution in [0.2, 0.25) is 0 Å². The zero-order valence-electron chi connectivity index (χ0n) is 15.4. The summed E-state index contributed by atoms with van der Waals surface area (Å²) in [5.41, 5.74) is 1.55. The minimum Gasteiger partial charge on any atom is -0.337 e. The maximum atomic E-state index is 13.7. The van der Waals surface area contributed by atoms with Gasteiger partial charge < -0.3 is 10.2 Å². The highest BCUT2D eigenvalue weighted by atomic mass is 32.2. The summed E-state index contributed by atoms with van der Waals surface area (Å²) < 4.78 is 38.5. The Balaban J connectivity index is 1.81. The van der Waals surface area contributed by atoms with Crippen molar-refractivity contribution < 1.29 is 17.8 Å². The average molecular weight is 392 g/mol. The molecule has 4 unspecified atom stereocenters. The van der Waals surface area contributed by atoms with Gasteiger partial charge in [-0.25, -0.2) is 8.78 Å². The Labute approximate surface area is 160 Å². The number of hydrogen-bond donors (Lipinski definition) is 1. The predicted octanol–water partition coefficient (Wildman–Crippen LogP) is 3.32. The first-order valence-electron chi connectivity index (χ1n) is 8.68. The summed E-state index contributed by atoms with van der Waals surface area (Å²) in [7, 11) is 0.636. The molecular weight excluding hydrogens is 370 g/mol. The minimum atomic E-state index is -1.04. The standard InChI is InChI=1S/C20H22F2N2O2S/c1-12(13-4-7-15(8-5-13)27(3)26)23-18-11-19(25)24(2)20(18)14-6-9-16(21)17(22)10-14/h4-10,12,18,20,23H,11H2,1-3H3. The van der Waals surface area contributed by atoms with Crippen molar-refractivity contribution in [2.24, 2.45) is 0 Å². The van der Waals surface area contributed by atoms with Crippen molar-refractivity contribution in [2.45, 2.75) is 36.4 Å². The molecule has 7 heteroatoms. The molecule has 1 aliphatic rings. The van der Waals surface area contributed by atoms with Gasteiger partial charge in [-0.3, -0.25) is 9.00 Å². The molecule has 2 aromatic rings. The Morgan fingerprint density at radius 3 is 2.41 bits per heavy atom. The summed E-state index contributed by atoms with van der Waals surface area (Å²) in [5, 5.41) is 3.43. The summed E-state index contributed by atoms with van der Waals surface area (Å²) >= 11 is 0. The molecule has 1 heterocycles. The van der Waals surface area contributed by atoms with E-state index in [1.54, 1.807) is 18.2 Å². The van der Waals surface area contributed by atoms with Gasteiger partial charge in [-0.15, -0.1) is 0 Å². The SMILES string of the molecule is CC(NC1CC(=O)N(C)C1c1ccc(F)c(F)c1)c1ccc(S(C)=O)cc1. The van der Waals surface area contributed by atoms with Crippen LogP contribution < -0.4 is 5.32 Å². The van der Waals surface area contributed by atoms with Crippen LogP contribution in [0.5, 0.6) is 0 Å². The van der Waals surface area contributed by atoms with Gasteiger partial charge in [0.15, 0.2) is 11.6 Å². The number of nitrogens with one attached hydrogen (secondary N) is 1. The lowest BCUT2D eigenvalue weighted by molar-refractivity contribution is -0.127. The predicted molar refractivity (Wildman–Crippen MR) is 101 cm³/mol. The minimum absolute atomic E-state index is 0.0499. The van der Waals surface area contributed by atoms with Crippen molar-refractivity contribution in [1.29, 1.82) is 0 Å². The number of benzene rings is 2. The van der Waals surface area contributed by atoms with Gasteiger partial charge in [0.2, 0.25) is 5.91 Å². The normalized spacial score (nSPS) is 22.1. The van der Waals surface area contributed by atoms with Gasteiger partial charge in [-0.1, -0.05) is 18.2 Å². The fourth-order valence-corrected chi connectivity index (χ4v) is 4.06. The Bertz CT molecular complexity index is 873. The van der Waals surface area contributed by atoms with Crippen LogP contribution in [0.15, 0.2) is 47.4 Å². The zero-order valence-corrected chi connectivity index (χ0v) is 16.2. The van der Waals surface area contributed by atoms with Gasteiger partial charge in [0, 0.05) is 47.5 Å². The molecular formula is C20H22F2N2O2S. The molecule has 4 atom stereocenters. The molecule has 0 aliphatic carbocycles. The number of nitrogens with zero attached hydrogens (tertiary/aromatic N) is 1. The molecule has 0 aromatic heterocycles. The van der Waals surface area contributed by atoms with Gasteiger partial charge in [-0.2, -0.15) is 0 Å². The van der Waals surface area contributed by atoms with Gasteiger partial charge in [0.05, 0.1) is 6.04 Å². The Morgan fingerprint density at radius 2 is 1.81 bits per heavy atom. The number of carbonyl (C=O) groups excluding carboxylic acids is 1. The third-order valence-electron chi connectivity index (χ3n) is 5.05. The smallest absolute Gasteiger partial charge is 0.224 e. The van der Waals surface area contributed by atoms with Crippen LogP contribution in [-0.2, 0) is 15.6 Å². The molecule has 0 radical (unpaired) electrons. The zero-order chi connectivity index (χ0) is 19.7. The first-order valence-corrected chi connectivity index (χ1v) is 10.2. The third kappa shape index (κ3) is 4.09. The molecule has 1 fully saturated rings. The molecule has 1 N–H and O–H groups in total. The third-order valence-corrected chi connectivity index (χ3v) is 5.98. The van der Waals surface area contributed by atoms with E-state index in [-0.39, 0.29) is 30.5 Å². The summed E-state index contributed by atoms with van der Waals surface area (Å²) in [6.07, 6.45) is 1.91. The van der Waals surface area contributed by atoms with Crippen LogP contribution in [0.1, 0.15) is 36.6 Å². The number of halogens is 2. The first kappa shape index (κ1) is 19.6. The maximum absolute atomic E-state index is 13.7. The summed E-state index contributed by atoms with van der Waals surface area (Å²) in [4.78, 5) is 14.6. The Morgan fingerprint density at radius 1 is 1.15 bits per heavy atom. The van der Waals surface area contributed by atoms with Crippen LogP contribution in [0.4, 0.5) is 8.78 Å². The topological polar surface area (TPSA) is 49.4 Å². The highest BCUT2D eigenvalue weighted by Crippen LogP contribution is 2.34. The molecule has 0 bridgehead atoms. The molecule has 0 spiro atoms. The molecule has 1 aliphatic heterocycles. The first-order chi connectivity index (χ1) is 12.8. The molecule has 1 saturated heterocycles. The van der Waals surface area contributed by atoms with Crippen LogP contribution >= 0.6 is 0 Å². The maximum Gasteiger partial charge on any atom is 0.224 e. The average Bonchev–Trinajstić information content (AvgIpc) is 2.91. The van der Waals surface area contributed by atoms with E-state index in [1.807, 2.05) is 31.2 Å². The van der Waals surface area contributed by atoms with Crippen LogP contribution in [0.25, 0.3) is 0 Å². The molecule has 4 nitrogen and oxygen atoms in total. The van der Waals surface area contributed by atoms with Crippen LogP contribution in [0, 0.1) is 11.6 Å². The Kier molecular flexibility index (Phi) is 5.72. The lowest BCUT2D eigenvalue weighted by Gasteiger charge is -2.28. The molecule has 0 saturated carbocycles. The van der Waals surface area contributed by atoms with Crippen molar-refractivity contribution in [3.8, 4) is 0 Å². The number of amides is 1. The van der Waals surface area contributed by atoms with Crippen molar-refractivity contribution in [2.75, 3.05) is 13.3 Å². The van der Waals surface area contributed by atoms with Crippen molar-refractivity contribution >= 4 is 16.7 Å². The van der Waals surface area contributed by atoms with Crippen molar-refractivity contribution in [1.82, 2.24) is 10.2 Å². The lowest BCUT2D eigenvalue weighted by Crippen LogP contribution is -2.36. The van der Waals surface area contributed by atoms with E-state index in [0.29, 0.717) is 5.56 Å². The van der Waals surface area contributed by atoms with Gasteiger partial charge in [-0.05, 0) is 42.3 Å². The highest BCUT2D eigenvalue weighted by molar-refractivity contribution is 7.84. The van der Waals surface area contributed by atoms with E-state index in [9.17, 15) is 17.8 Å².